The molecular weight excluding hydrogens is 657 g/mol. The topological polar surface area (TPSA) is 96.0 Å². The van der Waals surface area contributed by atoms with Crippen molar-refractivity contribution in [3.63, 3.8) is 0 Å². The highest BCUT2D eigenvalue weighted by molar-refractivity contribution is 7.92. The van der Waals surface area contributed by atoms with Crippen molar-refractivity contribution in [2.75, 3.05) is 18.0 Å². The van der Waals surface area contributed by atoms with Crippen LogP contribution < -0.4 is 14.4 Å². The van der Waals surface area contributed by atoms with Gasteiger partial charge in [0.15, 0.2) is 0 Å². The van der Waals surface area contributed by atoms with E-state index in [0.717, 1.165) is 15.4 Å². The predicted molar refractivity (Wildman–Crippen MR) is 188 cm³/mol. The number of para-hydroxylation sites is 2. The van der Waals surface area contributed by atoms with Gasteiger partial charge in [-0.15, -0.1) is 0 Å². The van der Waals surface area contributed by atoms with E-state index in [0.29, 0.717) is 22.0 Å². The molecule has 47 heavy (non-hydrogen) atoms. The predicted octanol–water partition coefficient (Wildman–Crippen LogP) is 7.06. The Morgan fingerprint density at radius 2 is 1.57 bits per heavy atom. The number of sulfonamides is 1. The number of benzene rings is 4. The molecule has 11 heteroatoms. The Balaban J connectivity index is 1.85. The molecule has 0 spiro atoms. The van der Waals surface area contributed by atoms with Crippen LogP contribution in [0.25, 0.3) is 0 Å². The van der Waals surface area contributed by atoms with Gasteiger partial charge in [-0.25, -0.2) is 8.42 Å². The van der Waals surface area contributed by atoms with E-state index >= 15 is 0 Å². The lowest BCUT2D eigenvalue weighted by Crippen LogP contribution is -2.54. The average molecular weight is 697 g/mol. The zero-order chi connectivity index (χ0) is 34.1. The van der Waals surface area contributed by atoms with E-state index in [1.165, 1.54) is 24.1 Å². The minimum Gasteiger partial charge on any atom is -0.495 e. The molecule has 0 saturated heterocycles. The summed E-state index contributed by atoms with van der Waals surface area (Å²) in [5, 5.41) is 3.75. The summed E-state index contributed by atoms with van der Waals surface area (Å²) in [5.41, 5.74) is 2.43. The lowest BCUT2D eigenvalue weighted by molar-refractivity contribution is -0.140. The fraction of sp³-hybridized carbons (Fsp3) is 0.278. The van der Waals surface area contributed by atoms with Crippen molar-refractivity contribution in [2.45, 2.75) is 57.1 Å². The van der Waals surface area contributed by atoms with Gasteiger partial charge >= 0.3 is 0 Å². The van der Waals surface area contributed by atoms with Crippen molar-refractivity contribution < 1.29 is 22.7 Å². The van der Waals surface area contributed by atoms with Crippen LogP contribution in [0.15, 0.2) is 102 Å². The fourth-order valence-electron chi connectivity index (χ4n) is 5.02. The smallest absolute Gasteiger partial charge is 0.264 e. The summed E-state index contributed by atoms with van der Waals surface area (Å²) in [6.45, 7) is 5.00. The Kier molecular flexibility index (Phi) is 12.3. The molecule has 4 aromatic carbocycles. The number of hydrogen-bond acceptors (Lipinski definition) is 5. The highest BCUT2D eigenvalue weighted by Crippen LogP contribution is 2.33. The number of nitrogens with zero attached hydrogens (tertiary/aromatic N) is 2. The van der Waals surface area contributed by atoms with Crippen molar-refractivity contribution in [2.24, 2.45) is 0 Å². The first-order valence-corrected chi connectivity index (χ1v) is 17.4. The molecule has 8 nitrogen and oxygen atoms in total. The van der Waals surface area contributed by atoms with Crippen LogP contribution in [0.2, 0.25) is 10.0 Å². The number of methoxy groups -OCH3 is 1. The fourth-order valence-corrected chi connectivity index (χ4v) is 6.91. The Labute approximate surface area is 287 Å². The average Bonchev–Trinajstić information content (AvgIpc) is 3.06. The van der Waals surface area contributed by atoms with Gasteiger partial charge in [-0.2, -0.15) is 0 Å². The minimum atomic E-state index is -4.28. The molecule has 0 fully saturated rings. The molecule has 0 aromatic heterocycles. The number of rotatable bonds is 14. The summed E-state index contributed by atoms with van der Waals surface area (Å²) in [7, 11) is -2.85. The molecule has 0 aliphatic heterocycles. The number of halogens is 2. The first-order chi connectivity index (χ1) is 22.4. The van der Waals surface area contributed by atoms with Crippen LogP contribution in [0.1, 0.15) is 37.0 Å². The van der Waals surface area contributed by atoms with E-state index in [2.05, 4.69) is 5.32 Å². The third kappa shape index (κ3) is 9.06. The van der Waals surface area contributed by atoms with Crippen molar-refractivity contribution >= 4 is 50.7 Å². The number of carbonyl (C=O) groups is 2. The van der Waals surface area contributed by atoms with E-state index in [4.69, 9.17) is 27.9 Å². The van der Waals surface area contributed by atoms with Crippen molar-refractivity contribution in [3.8, 4) is 5.75 Å². The third-order valence-corrected chi connectivity index (χ3v) is 10.2. The Hall–Kier alpha value is -4.05. The number of nitrogens with one attached hydrogen (secondary N) is 1. The number of ether oxygens (including phenoxy) is 1. The maximum absolute atomic E-state index is 14.7. The quantitative estimate of drug-likeness (QED) is 0.152. The van der Waals surface area contributed by atoms with Crippen molar-refractivity contribution in [1.29, 1.82) is 0 Å². The standard InChI is InChI=1S/C36H39Cl2N3O5S/c1-5-26(3)39-36(43)33(21-27-11-7-6-8-12-27)40(23-28-17-18-29(37)22-31(28)38)35(42)24-41(32-13-9-10-14-34(32)46-4)47(44,45)30-19-15-25(2)16-20-30/h6-20,22,26,33H,5,21,23-24H2,1-4H3,(H,39,43)/t26-,33-/m0/s1. The summed E-state index contributed by atoms with van der Waals surface area (Å²) in [6.07, 6.45) is 0.858. The van der Waals surface area contributed by atoms with Gasteiger partial charge in [0.1, 0.15) is 18.3 Å². The lowest BCUT2D eigenvalue weighted by atomic mass is 10.0. The minimum absolute atomic E-state index is 0.00412. The second kappa shape index (κ2) is 16.2. The molecule has 1 N–H and O–H groups in total. The summed E-state index contributed by atoms with van der Waals surface area (Å²) in [4.78, 5) is 30.1. The number of hydrogen-bond donors (Lipinski definition) is 1. The maximum atomic E-state index is 14.7. The van der Waals surface area contributed by atoms with Crippen LogP contribution in [0.3, 0.4) is 0 Å². The second-order valence-electron chi connectivity index (χ2n) is 11.3. The highest BCUT2D eigenvalue weighted by atomic mass is 35.5. The molecule has 0 aliphatic rings. The van der Waals surface area contributed by atoms with Crippen LogP contribution in [0, 0.1) is 6.92 Å². The second-order valence-corrected chi connectivity index (χ2v) is 14.0. The summed E-state index contributed by atoms with van der Waals surface area (Å²) >= 11 is 12.8. The van der Waals surface area contributed by atoms with Gasteiger partial charge in [0.2, 0.25) is 11.8 Å². The molecule has 0 radical (unpaired) electrons. The van der Waals surface area contributed by atoms with Crippen LogP contribution >= 0.6 is 23.2 Å². The molecule has 4 rings (SSSR count). The van der Waals surface area contributed by atoms with E-state index in [9.17, 15) is 18.0 Å². The van der Waals surface area contributed by atoms with Crippen LogP contribution in [-0.2, 0) is 32.6 Å². The molecule has 2 atom stereocenters. The number of aryl methyl sites for hydroxylation is 1. The number of amides is 2. The molecular formula is C36H39Cl2N3O5S. The van der Waals surface area contributed by atoms with Gasteiger partial charge in [-0.1, -0.05) is 96.4 Å². The van der Waals surface area contributed by atoms with Gasteiger partial charge in [0.05, 0.1) is 17.7 Å². The van der Waals surface area contributed by atoms with Gasteiger partial charge in [-0.05, 0) is 67.8 Å². The highest BCUT2D eigenvalue weighted by Gasteiger charge is 2.36. The van der Waals surface area contributed by atoms with Gasteiger partial charge < -0.3 is 15.0 Å². The lowest BCUT2D eigenvalue weighted by Gasteiger charge is -2.34. The Morgan fingerprint density at radius 3 is 2.21 bits per heavy atom. The molecule has 0 saturated carbocycles. The van der Waals surface area contributed by atoms with E-state index in [1.54, 1.807) is 54.6 Å². The SMILES string of the molecule is CC[C@H](C)NC(=O)[C@H](Cc1ccccc1)N(Cc1ccc(Cl)cc1Cl)C(=O)CN(c1ccccc1OC)S(=O)(=O)c1ccc(C)cc1. The molecule has 0 heterocycles. The largest absolute Gasteiger partial charge is 0.495 e. The Morgan fingerprint density at radius 1 is 0.915 bits per heavy atom. The van der Waals surface area contributed by atoms with Crippen molar-refractivity contribution in [3.05, 3.63) is 124 Å². The molecule has 4 aromatic rings. The summed E-state index contributed by atoms with van der Waals surface area (Å²) in [6, 6.07) is 26.1. The third-order valence-electron chi connectivity index (χ3n) is 7.87. The number of carbonyl (C=O) groups excluding carboxylic acids is 2. The molecule has 0 bridgehead atoms. The van der Waals surface area contributed by atoms with Crippen molar-refractivity contribution in [1.82, 2.24) is 10.2 Å². The first kappa shape index (κ1) is 35.8. The molecule has 0 unspecified atom stereocenters. The van der Waals surface area contributed by atoms with Gasteiger partial charge in [0.25, 0.3) is 10.0 Å². The first-order valence-electron chi connectivity index (χ1n) is 15.2. The molecule has 0 aliphatic carbocycles. The molecule has 2 amide bonds. The van der Waals surface area contributed by atoms with Crippen LogP contribution in [0.5, 0.6) is 5.75 Å². The van der Waals surface area contributed by atoms with Crippen LogP contribution in [0.4, 0.5) is 5.69 Å². The Bertz CT molecular complexity index is 1790. The summed E-state index contributed by atoms with van der Waals surface area (Å²) in [5.74, 6) is -0.719. The monoisotopic (exact) mass is 695 g/mol. The van der Waals surface area contributed by atoms with E-state index in [1.807, 2.05) is 51.1 Å². The zero-order valence-corrected chi connectivity index (χ0v) is 29.1. The normalized spacial score (nSPS) is 12.6. The number of anilines is 1. The zero-order valence-electron chi connectivity index (χ0n) is 26.8. The maximum Gasteiger partial charge on any atom is 0.264 e. The summed E-state index contributed by atoms with van der Waals surface area (Å²) < 4.78 is 35.1. The van der Waals surface area contributed by atoms with Crippen LogP contribution in [-0.4, -0.2) is 50.9 Å². The van der Waals surface area contributed by atoms with E-state index in [-0.39, 0.29) is 41.2 Å². The van der Waals surface area contributed by atoms with Gasteiger partial charge in [-0.3, -0.25) is 13.9 Å². The molecule has 248 valence electrons. The van der Waals surface area contributed by atoms with Gasteiger partial charge in [0, 0.05) is 29.1 Å². The van der Waals surface area contributed by atoms with E-state index < -0.39 is 28.5 Å².